The average Bonchev–Trinajstić information content (AvgIpc) is 3.12. The highest BCUT2D eigenvalue weighted by Gasteiger charge is 2.16. The molecule has 0 aliphatic heterocycles. The lowest BCUT2D eigenvalue weighted by Gasteiger charge is -2.13. The molecule has 1 N–H and O–H groups in total. The number of hydrogen-bond acceptors (Lipinski definition) is 3. The molecule has 8 heteroatoms. The summed E-state index contributed by atoms with van der Waals surface area (Å²) in [7, 11) is 0. The first kappa shape index (κ1) is 18.2. The van der Waals surface area contributed by atoms with E-state index < -0.39 is 17.2 Å². The van der Waals surface area contributed by atoms with Crippen LogP contribution >= 0.6 is 11.6 Å². The van der Waals surface area contributed by atoms with Gasteiger partial charge in [-0.3, -0.25) is 9.36 Å². The van der Waals surface area contributed by atoms with E-state index in [0.29, 0.717) is 11.5 Å². The Hall–Kier alpha value is -3.19. The summed E-state index contributed by atoms with van der Waals surface area (Å²) in [4.78, 5) is 20.1. The first-order valence-corrected chi connectivity index (χ1v) is 8.75. The number of aromatic amines is 1. The van der Waals surface area contributed by atoms with E-state index in [9.17, 15) is 13.6 Å². The molecule has 4 rings (SSSR count). The van der Waals surface area contributed by atoms with E-state index in [0.717, 1.165) is 23.0 Å². The van der Waals surface area contributed by atoms with Crippen molar-refractivity contribution in [3.63, 3.8) is 0 Å². The molecule has 2 heterocycles. The highest BCUT2D eigenvalue weighted by atomic mass is 35.5. The third-order valence-electron chi connectivity index (χ3n) is 4.34. The maximum Gasteiger partial charge on any atom is 0.280 e. The van der Waals surface area contributed by atoms with Crippen LogP contribution in [0.2, 0.25) is 5.02 Å². The Morgan fingerprint density at radius 1 is 1.18 bits per heavy atom. The van der Waals surface area contributed by atoms with Gasteiger partial charge in [-0.15, -0.1) is 0 Å². The number of aromatic nitrogens is 3. The van der Waals surface area contributed by atoms with Gasteiger partial charge in [0, 0.05) is 28.7 Å². The number of halogens is 3. The second kappa shape index (κ2) is 7.09. The topological polar surface area (TPSA) is 59.9 Å². The predicted molar refractivity (Wildman–Crippen MR) is 102 cm³/mol. The summed E-state index contributed by atoms with van der Waals surface area (Å²) in [5, 5.41) is 0.717. The molecule has 28 heavy (non-hydrogen) atoms. The van der Waals surface area contributed by atoms with Gasteiger partial charge in [0.05, 0.1) is 5.69 Å². The van der Waals surface area contributed by atoms with Crippen molar-refractivity contribution >= 4 is 22.5 Å². The SMILES string of the molecule is Cc1nc(OCc2ccc(F)cc2F)c(Cl)c(=O)n1-c1ccc2[nH]ccc2c1. The molecule has 0 aliphatic rings. The van der Waals surface area contributed by atoms with Crippen LogP contribution in [-0.2, 0) is 6.61 Å². The fourth-order valence-electron chi connectivity index (χ4n) is 2.95. The van der Waals surface area contributed by atoms with Crippen LogP contribution in [0, 0.1) is 18.6 Å². The van der Waals surface area contributed by atoms with Crippen molar-refractivity contribution in [1.82, 2.24) is 14.5 Å². The molecule has 2 aromatic carbocycles. The maximum absolute atomic E-state index is 13.8. The van der Waals surface area contributed by atoms with E-state index in [-0.39, 0.29) is 23.1 Å². The number of aryl methyl sites for hydroxylation is 1. The molecule has 0 amide bonds. The minimum Gasteiger partial charge on any atom is -0.471 e. The molecule has 2 aromatic heterocycles. The van der Waals surface area contributed by atoms with Crippen molar-refractivity contribution in [2.45, 2.75) is 13.5 Å². The van der Waals surface area contributed by atoms with Gasteiger partial charge in [0.1, 0.15) is 24.1 Å². The molecule has 142 valence electrons. The third kappa shape index (κ3) is 3.25. The summed E-state index contributed by atoms with van der Waals surface area (Å²) >= 11 is 6.17. The molecule has 0 aliphatic carbocycles. The highest BCUT2D eigenvalue weighted by Crippen LogP contribution is 2.23. The summed E-state index contributed by atoms with van der Waals surface area (Å²) < 4.78 is 33.6. The third-order valence-corrected chi connectivity index (χ3v) is 4.66. The standard InChI is InChI=1S/C20H14ClF2N3O2/c1-11-25-19(28-10-13-2-3-14(22)9-16(13)23)18(21)20(27)26(11)15-4-5-17-12(8-15)6-7-24-17/h2-9,24H,10H2,1H3. The Balaban J connectivity index is 1.68. The maximum atomic E-state index is 13.8. The smallest absolute Gasteiger partial charge is 0.280 e. The number of ether oxygens (including phenoxy) is 1. The van der Waals surface area contributed by atoms with Crippen LogP contribution in [0.25, 0.3) is 16.6 Å². The van der Waals surface area contributed by atoms with Gasteiger partial charge in [-0.1, -0.05) is 11.6 Å². The quantitative estimate of drug-likeness (QED) is 0.546. The van der Waals surface area contributed by atoms with Crippen molar-refractivity contribution in [2.75, 3.05) is 0 Å². The number of hydrogen-bond donors (Lipinski definition) is 1. The van der Waals surface area contributed by atoms with Gasteiger partial charge in [-0.25, -0.2) is 8.78 Å². The number of rotatable bonds is 4. The Bertz CT molecular complexity index is 1250. The number of H-pyrrole nitrogens is 1. The average molecular weight is 402 g/mol. The summed E-state index contributed by atoms with van der Waals surface area (Å²) in [6.07, 6.45) is 1.81. The second-order valence-electron chi connectivity index (χ2n) is 6.19. The molecule has 5 nitrogen and oxygen atoms in total. The second-order valence-corrected chi connectivity index (χ2v) is 6.57. The van der Waals surface area contributed by atoms with E-state index in [2.05, 4.69) is 9.97 Å². The van der Waals surface area contributed by atoms with Crippen LogP contribution in [-0.4, -0.2) is 14.5 Å². The van der Waals surface area contributed by atoms with E-state index >= 15 is 0 Å². The van der Waals surface area contributed by atoms with Crippen molar-refractivity contribution < 1.29 is 13.5 Å². The highest BCUT2D eigenvalue weighted by molar-refractivity contribution is 6.31. The van der Waals surface area contributed by atoms with E-state index in [4.69, 9.17) is 16.3 Å². The summed E-state index contributed by atoms with van der Waals surface area (Å²) in [6.45, 7) is 1.40. The van der Waals surface area contributed by atoms with E-state index in [1.807, 2.05) is 18.2 Å². The molecule has 0 radical (unpaired) electrons. The molecule has 0 bridgehead atoms. The fourth-order valence-corrected chi connectivity index (χ4v) is 3.13. The number of benzene rings is 2. The normalized spacial score (nSPS) is 11.1. The van der Waals surface area contributed by atoms with Crippen molar-refractivity contribution in [2.24, 2.45) is 0 Å². The summed E-state index contributed by atoms with van der Waals surface area (Å²) in [6, 6.07) is 10.5. The Kier molecular flexibility index (Phi) is 4.60. The molecule has 0 saturated carbocycles. The number of fused-ring (bicyclic) bond motifs is 1. The van der Waals surface area contributed by atoms with Crippen LogP contribution in [0.4, 0.5) is 8.78 Å². The number of nitrogens with zero attached hydrogens (tertiary/aromatic N) is 2. The zero-order valence-electron chi connectivity index (χ0n) is 14.7. The van der Waals surface area contributed by atoms with Gasteiger partial charge in [0.25, 0.3) is 5.56 Å². The summed E-state index contributed by atoms with van der Waals surface area (Å²) in [5.74, 6) is -1.18. The van der Waals surface area contributed by atoms with Gasteiger partial charge in [0.2, 0.25) is 5.88 Å². The first-order chi connectivity index (χ1) is 13.4. The molecule has 0 saturated heterocycles. The van der Waals surface area contributed by atoms with Crippen LogP contribution in [0.1, 0.15) is 11.4 Å². The Labute approximate surface area is 163 Å². The molecule has 0 spiro atoms. The summed E-state index contributed by atoms with van der Waals surface area (Å²) in [5.41, 5.74) is 1.17. The Morgan fingerprint density at radius 3 is 2.79 bits per heavy atom. The van der Waals surface area contributed by atoms with Gasteiger partial charge in [-0.05, 0) is 43.3 Å². The predicted octanol–water partition coefficient (Wildman–Crippen LogP) is 4.53. The van der Waals surface area contributed by atoms with Crippen LogP contribution in [0.15, 0.2) is 53.5 Å². The molecule has 4 aromatic rings. The lowest BCUT2D eigenvalue weighted by Crippen LogP contribution is -2.23. The lowest BCUT2D eigenvalue weighted by molar-refractivity contribution is 0.285. The number of nitrogens with one attached hydrogen (secondary N) is 1. The minimum atomic E-state index is -0.749. The van der Waals surface area contributed by atoms with Crippen LogP contribution in [0.3, 0.4) is 0 Å². The van der Waals surface area contributed by atoms with Gasteiger partial charge in [0.15, 0.2) is 5.02 Å². The zero-order valence-corrected chi connectivity index (χ0v) is 15.4. The lowest BCUT2D eigenvalue weighted by atomic mass is 10.2. The zero-order chi connectivity index (χ0) is 19.8. The van der Waals surface area contributed by atoms with Gasteiger partial charge < -0.3 is 9.72 Å². The van der Waals surface area contributed by atoms with Crippen LogP contribution < -0.4 is 10.3 Å². The van der Waals surface area contributed by atoms with Gasteiger partial charge in [-0.2, -0.15) is 4.98 Å². The molecule has 0 fully saturated rings. The molecule has 0 unspecified atom stereocenters. The van der Waals surface area contributed by atoms with Crippen molar-refractivity contribution in [3.05, 3.63) is 87.1 Å². The monoisotopic (exact) mass is 401 g/mol. The molecular weight excluding hydrogens is 388 g/mol. The largest absolute Gasteiger partial charge is 0.471 e. The van der Waals surface area contributed by atoms with Crippen molar-refractivity contribution in [1.29, 1.82) is 0 Å². The van der Waals surface area contributed by atoms with Gasteiger partial charge >= 0.3 is 0 Å². The molecular formula is C20H14ClF2N3O2. The minimum absolute atomic E-state index is 0.105. The Morgan fingerprint density at radius 2 is 2.00 bits per heavy atom. The fraction of sp³-hybridized carbons (Fsp3) is 0.100. The first-order valence-electron chi connectivity index (χ1n) is 8.37. The van der Waals surface area contributed by atoms with E-state index in [1.165, 1.54) is 10.6 Å². The molecule has 0 atom stereocenters. The van der Waals surface area contributed by atoms with Crippen molar-refractivity contribution in [3.8, 4) is 11.6 Å². The van der Waals surface area contributed by atoms with Crippen LogP contribution in [0.5, 0.6) is 5.88 Å². The van der Waals surface area contributed by atoms with E-state index in [1.54, 1.807) is 19.2 Å².